The largest absolute Gasteiger partial charge is 0.456 e. The van der Waals surface area contributed by atoms with Crippen LogP contribution >= 0.6 is 0 Å². The molecule has 66 heavy (non-hydrogen) atoms. The lowest BCUT2D eigenvalue weighted by atomic mass is 9.83. The first kappa shape index (κ1) is 38.7. The molecule has 0 saturated carbocycles. The molecule has 2 aromatic heterocycles. The third-order valence-corrected chi connectivity index (χ3v) is 14.6. The molecular formula is C63H47NO2. The summed E-state index contributed by atoms with van der Waals surface area (Å²) in [6.07, 6.45) is 5.44. The summed E-state index contributed by atoms with van der Waals surface area (Å²) in [5.41, 5.74) is 14.6. The van der Waals surface area contributed by atoms with Crippen molar-refractivity contribution in [2.45, 2.75) is 39.2 Å². The Morgan fingerprint density at radius 2 is 1.09 bits per heavy atom. The van der Waals surface area contributed by atoms with Gasteiger partial charge in [-0.3, -0.25) is 4.99 Å². The number of hydrogen-bond acceptors (Lipinski definition) is 3. The molecule has 0 spiro atoms. The van der Waals surface area contributed by atoms with Gasteiger partial charge in [0.1, 0.15) is 22.3 Å². The summed E-state index contributed by atoms with van der Waals surface area (Å²) in [6.45, 7) is 4.68. The van der Waals surface area contributed by atoms with Crippen LogP contribution in [0.5, 0.6) is 0 Å². The predicted octanol–water partition coefficient (Wildman–Crippen LogP) is 17.8. The minimum Gasteiger partial charge on any atom is -0.456 e. The van der Waals surface area contributed by atoms with E-state index in [2.05, 4.69) is 208 Å². The van der Waals surface area contributed by atoms with Crippen LogP contribution in [-0.4, -0.2) is 5.71 Å². The summed E-state index contributed by atoms with van der Waals surface area (Å²) in [5.74, 6) is 0.563. The van der Waals surface area contributed by atoms with Crippen molar-refractivity contribution in [1.29, 1.82) is 0 Å². The van der Waals surface area contributed by atoms with Crippen molar-refractivity contribution >= 4 is 87.5 Å². The van der Waals surface area contributed by atoms with Gasteiger partial charge in [0.05, 0.1) is 6.04 Å². The highest BCUT2D eigenvalue weighted by Gasteiger charge is 2.28. The smallest absolute Gasteiger partial charge is 0.136 e. The third-order valence-electron chi connectivity index (χ3n) is 14.6. The topological polar surface area (TPSA) is 38.6 Å². The molecule has 3 nitrogen and oxygen atoms in total. The molecule has 3 heterocycles. The second kappa shape index (κ2) is 15.5. The van der Waals surface area contributed by atoms with Crippen LogP contribution < -0.4 is 0 Å². The molecule has 1 aliphatic heterocycles. The molecule has 3 unspecified atom stereocenters. The van der Waals surface area contributed by atoms with E-state index in [1.165, 1.54) is 76.6 Å². The molecule has 0 fully saturated rings. The van der Waals surface area contributed by atoms with Crippen LogP contribution in [0, 0.1) is 11.8 Å². The molecule has 0 radical (unpaired) electrons. The van der Waals surface area contributed by atoms with Gasteiger partial charge < -0.3 is 8.83 Å². The van der Waals surface area contributed by atoms with Crippen molar-refractivity contribution in [1.82, 2.24) is 0 Å². The lowest BCUT2D eigenvalue weighted by Gasteiger charge is -2.26. The van der Waals surface area contributed by atoms with Gasteiger partial charge in [-0.15, -0.1) is 0 Å². The summed E-state index contributed by atoms with van der Waals surface area (Å²) in [7, 11) is 0. The van der Waals surface area contributed by atoms with Crippen LogP contribution in [-0.2, 0) is 0 Å². The highest BCUT2D eigenvalue weighted by atomic mass is 16.3. The van der Waals surface area contributed by atoms with Crippen molar-refractivity contribution < 1.29 is 8.83 Å². The molecule has 13 rings (SSSR count). The maximum atomic E-state index is 6.74. The molecule has 12 aromatic rings. The van der Waals surface area contributed by atoms with Gasteiger partial charge in [-0.1, -0.05) is 178 Å². The first-order chi connectivity index (χ1) is 32.6. The molecule has 0 saturated heterocycles. The molecule has 1 aliphatic rings. The van der Waals surface area contributed by atoms with Gasteiger partial charge in [0.15, 0.2) is 0 Å². The van der Waals surface area contributed by atoms with Gasteiger partial charge in [0.2, 0.25) is 0 Å². The van der Waals surface area contributed by atoms with E-state index >= 15 is 0 Å². The van der Waals surface area contributed by atoms with Crippen molar-refractivity contribution in [2.24, 2.45) is 16.8 Å². The number of rotatable bonds is 6. The molecular weight excluding hydrogens is 803 g/mol. The van der Waals surface area contributed by atoms with Crippen LogP contribution in [0.15, 0.2) is 208 Å². The normalized spacial score (nSPS) is 18.0. The Kier molecular flexibility index (Phi) is 9.06. The van der Waals surface area contributed by atoms with Gasteiger partial charge in [-0.05, 0) is 132 Å². The Balaban J connectivity index is 0.901. The lowest BCUT2D eigenvalue weighted by Crippen LogP contribution is -2.17. The molecule has 0 N–H and O–H groups in total. The van der Waals surface area contributed by atoms with E-state index < -0.39 is 0 Å². The van der Waals surface area contributed by atoms with E-state index in [0.29, 0.717) is 5.92 Å². The highest BCUT2D eigenvalue weighted by Crippen LogP contribution is 2.47. The van der Waals surface area contributed by atoms with Crippen LogP contribution in [0.2, 0.25) is 0 Å². The van der Waals surface area contributed by atoms with E-state index in [1.807, 2.05) is 0 Å². The molecule has 10 aromatic carbocycles. The highest BCUT2D eigenvalue weighted by molar-refractivity contribution is 6.35. The van der Waals surface area contributed by atoms with Crippen LogP contribution in [0.1, 0.15) is 55.8 Å². The number of hydrogen-bond donors (Lipinski definition) is 0. The fourth-order valence-corrected chi connectivity index (χ4v) is 11.3. The zero-order valence-electron chi connectivity index (χ0n) is 37.1. The first-order valence-corrected chi connectivity index (χ1v) is 23.5. The van der Waals surface area contributed by atoms with Gasteiger partial charge in [-0.2, -0.15) is 0 Å². The Bertz CT molecular complexity index is 3880. The quantitative estimate of drug-likeness (QED) is 0.156. The fourth-order valence-electron chi connectivity index (χ4n) is 11.3. The predicted molar refractivity (Wildman–Crippen MR) is 278 cm³/mol. The van der Waals surface area contributed by atoms with Crippen molar-refractivity contribution in [2.75, 3.05) is 0 Å². The summed E-state index contributed by atoms with van der Waals surface area (Å²) >= 11 is 0. The maximum absolute atomic E-state index is 6.74. The van der Waals surface area contributed by atoms with Crippen LogP contribution in [0.25, 0.3) is 104 Å². The summed E-state index contributed by atoms with van der Waals surface area (Å²) in [4.78, 5) is 5.84. The average Bonchev–Trinajstić information content (AvgIpc) is 3.97. The number of aliphatic imine (C=N–C) groups is 1. The lowest BCUT2D eigenvalue weighted by molar-refractivity contribution is 0.429. The van der Waals surface area contributed by atoms with E-state index in [0.717, 1.165) is 69.1 Å². The zero-order chi connectivity index (χ0) is 43.9. The second-order valence-corrected chi connectivity index (χ2v) is 18.4. The van der Waals surface area contributed by atoms with Gasteiger partial charge in [-0.25, -0.2) is 0 Å². The van der Waals surface area contributed by atoms with Crippen molar-refractivity contribution in [3.63, 3.8) is 0 Å². The Morgan fingerprint density at radius 1 is 0.470 bits per heavy atom. The van der Waals surface area contributed by atoms with Crippen LogP contribution in [0.3, 0.4) is 0 Å². The molecule has 3 atom stereocenters. The first-order valence-electron chi connectivity index (χ1n) is 23.5. The number of furan rings is 2. The summed E-state index contributed by atoms with van der Waals surface area (Å²) < 4.78 is 13.1. The standard InChI is InChI=1S/C63H47NO2/c1-3-39-35-45(40-13-5-4-6-14-40)26-25-38(2)62(64-63(39)47-32-27-41-15-7-8-16-44(41)36-47)43-30-28-42(29-31-43)48-18-10-22-54-59(48)52-34-33-46(37-57(52)66-54)49-17-9-19-50-51-20-11-23-55-60(51)61-53(58(49)50)21-12-24-56(61)65-55/h4-24,26-34,36-39,63H,3,25,35H2,1-2H3/b45-26-,64-62?. The minimum absolute atomic E-state index is 0.0189. The Hall–Kier alpha value is -7.75. The number of benzene rings is 10. The Labute approximate surface area is 383 Å². The molecule has 0 amide bonds. The van der Waals surface area contributed by atoms with Crippen molar-refractivity contribution in [3.8, 4) is 22.3 Å². The summed E-state index contributed by atoms with van der Waals surface area (Å²) in [5, 5.41) is 12.1. The third kappa shape index (κ3) is 6.21. The average molecular weight is 850 g/mol. The number of allylic oxidation sites excluding steroid dienone is 2. The monoisotopic (exact) mass is 849 g/mol. The molecule has 3 heteroatoms. The van der Waals surface area contributed by atoms with Crippen molar-refractivity contribution in [3.05, 3.63) is 211 Å². The number of fused-ring (bicyclic) bond motifs is 7. The van der Waals surface area contributed by atoms with Gasteiger partial charge in [0.25, 0.3) is 0 Å². The van der Waals surface area contributed by atoms with E-state index in [-0.39, 0.29) is 12.0 Å². The van der Waals surface area contributed by atoms with Gasteiger partial charge >= 0.3 is 0 Å². The van der Waals surface area contributed by atoms with E-state index in [4.69, 9.17) is 13.8 Å². The molecule has 316 valence electrons. The Morgan fingerprint density at radius 3 is 1.88 bits per heavy atom. The van der Waals surface area contributed by atoms with E-state index in [1.54, 1.807) is 0 Å². The van der Waals surface area contributed by atoms with E-state index in [9.17, 15) is 0 Å². The summed E-state index contributed by atoms with van der Waals surface area (Å²) in [6, 6.07) is 68.5. The molecule has 0 bridgehead atoms. The minimum atomic E-state index is 0.0189. The fraction of sp³-hybridized carbons (Fsp3) is 0.127. The SMILES string of the molecule is CCC1C/C(c2ccccc2)=C/CC(C)C(c2ccc(-c3cccc4oc5cc(-c6cccc7c8cccc9oc%10cccc(c67)c%10c98)ccc5c34)cc2)=NC1c1ccc2ccccc2c1. The van der Waals surface area contributed by atoms with Gasteiger partial charge in [0, 0.05) is 33.2 Å². The number of nitrogens with zero attached hydrogens (tertiary/aromatic N) is 1. The van der Waals surface area contributed by atoms with Crippen LogP contribution in [0.4, 0.5) is 0 Å². The zero-order valence-corrected chi connectivity index (χ0v) is 37.1. The second-order valence-electron chi connectivity index (χ2n) is 18.4. The maximum Gasteiger partial charge on any atom is 0.136 e. The molecule has 0 aliphatic carbocycles.